The van der Waals surface area contributed by atoms with Gasteiger partial charge in [-0.15, -0.1) is 0 Å². The molecule has 1 N–H and O–H groups in total. The van der Waals surface area contributed by atoms with E-state index >= 15 is 0 Å². The third kappa shape index (κ3) is 3.50. The van der Waals surface area contributed by atoms with Crippen molar-refractivity contribution in [3.63, 3.8) is 0 Å². The summed E-state index contributed by atoms with van der Waals surface area (Å²) in [5, 5.41) is 4.50. The second-order valence-electron chi connectivity index (χ2n) is 9.84. The lowest BCUT2D eigenvalue weighted by atomic mass is 9.70. The standard InChI is InChI=1S/C23H33N3O3S/c1-22(2)18-12-13-23(22,3)20(16-18)24-25-21(27)17-8-10-19(11-9-17)30(28,29)26-14-6-4-5-7-15-26/h8-11,18H,4-7,12-16H2,1-3H3,(H,25,27)/b24-20+/t18-,23+/m1/s1. The van der Waals surface area contributed by atoms with Gasteiger partial charge in [-0.05, 0) is 67.7 Å². The normalized spacial score (nSPS) is 30.4. The highest BCUT2D eigenvalue weighted by molar-refractivity contribution is 7.89. The van der Waals surface area contributed by atoms with E-state index in [-0.39, 0.29) is 21.6 Å². The molecule has 2 atom stereocenters. The van der Waals surface area contributed by atoms with Gasteiger partial charge in [0, 0.05) is 29.8 Å². The maximum atomic E-state index is 12.9. The van der Waals surface area contributed by atoms with Crippen LogP contribution < -0.4 is 5.43 Å². The third-order valence-electron chi connectivity index (χ3n) is 8.12. The first-order valence-electron chi connectivity index (χ1n) is 11.1. The van der Waals surface area contributed by atoms with Gasteiger partial charge >= 0.3 is 0 Å². The maximum Gasteiger partial charge on any atom is 0.271 e. The number of hydrogen-bond acceptors (Lipinski definition) is 4. The molecule has 6 nitrogen and oxygen atoms in total. The van der Waals surface area contributed by atoms with E-state index in [1.807, 2.05) is 0 Å². The van der Waals surface area contributed by atoms with Gasteiger partial charge in [0.15, 0.2) is 0 Å². The molecule has 2 bridgehead atoms. The van der Waals surface area contributed by atoms with Crippen LogP contribution in [-0.4, -0.2) is 37.4 Å². The van der Waals surface area contributed by atoms with Crippen molar-refractivity contribution in [2.75, 3.05) is 13.1 Å². The fourth-order valence-electron chi connectivity index (χ4n) is 5.49. The number of fused-ring (bicyclic) bond motifs is 2. The van der Waals surface area contributed by atoms with Crippen LogP contribution in [0.1, 0.15) is 76.1 Å². The Balaban J connectivity index is 1.45. The summed E-state index contributed by atoms with van der Waals surface area (Å²) in [6.07, 6.45) is 7.23. The zero-order chi connectivity index (χ0) is 21.6. The van der Waals surface area contributed by atoms with E-state index in [1.165, 1.54) is 18.6 Å². The number of amides is 1. The Labute approximate surface area is 180 Å². The molecule has 0 spiro atoms. The first-order chi connectivity index (χ1) is 14.2. The Morgan fingerprint density at radius 3 is 2.23 bits per heavy atom. The monoisotopic (exact) mass is 431 g/mol. The number of sulfonamides is 1. The van der Waals surface area contributed by atoms with Gasteiger partial charge in [-0.25, -0.2) is 13.8 Å². The molecular weight excluding hydrogens is 398 g/mol. The zero-order valence-corrected chi connectivity index (χ0v) is 19.1. The lowest BCUT2D eigenvalue weighted by molar-refractivity contribution is 0.0953. The SMILES string of the molecule is CC1(C)[C@@H]2CC[C@@]1(C)/C(=N/NC(=O)c1ccc(S(=O)(=O)N3CCCCCC3)cc1)C2. The van der Waals surface area contributed by atoms with Gasteiger partial charge in [-0.1, -0.05) is 33.6 Å². The number of carbonyl (C=O) groups is 1. The Morgan fingerprint density at radius 2 is 1.70 bits per heavy atom. The molecule has 0 radical (unpaired) electrons. The van der Waals surface area contributed by atoms with E-state index in [9.17, 15) is 13.2 Å². The Morgan fingerprint density at radius 1 is 1.07 bits per heavy atom. The Hall–Kier alpha value is -1.73. The van der Waals surface area contributed by atoms with Crippen molar-refractivity contribution in [2.24, 2.45) is 21.8 Å². The van der Waals surface area contributed by atoms with Crippen molar-refractivity contribution in [3.05, 3.63) is 29.8 Å². The molecule has 1 aromatic rings. The van der Waals surface area contributed by atoms with Crippen LogP contribution in [0.5, 0.6) is 0 Å². The van der Waals surface area contributed by atoms with E-state index in [2.05, 4.69) is 31.3 Å². The summed E-state index contributed by atoms with van der Waals surface area (Å²) < 4.78 is 27.4. The maximum absolute atomic E-state index is 12.9. The highest BCUT2D eigenvalue weighted by Crippen LogP contribution is 2.63. The minimum atomic E-state index is -3.51. The van der Waals surface area contributed by atoms with Gasteiger partial charge in [0.2, 0.25) is 10.0 Å². The van der Waals surface area contributed by atoms with E-state index in [0.29, 0.717) is 24.6 Å². The molecule has 30 heavy (non-hydrogen) atoms. The highest BCUT2D eigenvalue weighted by Gasteiger charge is 2.60. The number of rotatable bonds is 4. The summed E-state index contributed by atoms with van der Waals surface area (Å²) in [4.78, 5) is 12.8. The largest absolute Gasteiger partial charge is 0.271 e. The predicted molar refractivity (Wildman–Crippen MR) is 118 cm³/mol. The molecule has 0 unspecified atom stereocenters. The van der Waals surface area contributed by atoms with E-state index in [4.69, 9.17) is 0 Å². The van der Waals surface area contributed by atoms with Gasteiger partial charge < -0.3 is 0 Å². The average molecular weight is 432 g/mol. The number of nitrogens with one attached hydrogen (secondary N) is 1. The van der Waals surface area contributed by atoms with E-state index < -0.39 is 10.0 Å². The van der Waals surface area contributed by atoms with Crippen molar-refractivity contribution >= 4 is 21.6 Å². The van der Waals surface area contributed by atoms with Crippen molar-refractivity contribution < 1.29 is 13.2 Å². The summed E-state index contributed by atoms with van der Waals surface area (Å²) in [5.41, 5.74) is 4.45. The van der Waals surface area contributed by atoms with Gasteiger partial charge in [0.05, 0.1) is 4.90 Å². The highest BCUT2D eigenvalue weighted by atomic mass is 32.2. The second kappa shape index (κ2) is 7.75. The number of hydrazone groups is 1. The molecule has 3 aliphatic rings. The minimum absolute atomic E-state index is 0.0377. The first-order valence-corrected chi connectivity index (χ1v) is 12.6. The van der Waals surface area contributed by atoms with Crippen molar-refractivity contribution in [3.8, 4) is 0 Å². The average Bonchev–Trinajstić information content (AvgIpc) is 2.97. The third-order valence-corrected chi connectivity index (χ3v) is 10.0. The molecule has 2 aliphatic carbocycles. The fraction of sp³-hybridized carbons (Fsp3) is 0.652. The van der Waals surface area contributed by atoms with Crippen LogP contribution in [0.3, 0.4) is 0 Å². The lowest BCUT2D eigenvalue weighted by Gasteiger charge is -2.34. The van der Waals surface area contributed by atoms with Crippen LogP contribution in [0.15, 0.2) is 34.3 Å². The second-order valence-corrected chi connectivity index (χ2v) is 11.8. The summed E-state index contributed by atoms with van der Waals surface area (Å²) >= 11 is 0. The number of hydrogen-bond donors (Lipinski definition) is 1. The predicted octanol–water partition coefficient (Wildman–Crippen LogP) is 4.18. The summed E-state index contributed by atoms with van der Waals surface area (Å²) in [5.74, 6) is 0.326. The molecule has 1 saturated heterocycles. The number of carbonyl (C=O) groups excluding carboxylic acids is 1. The summed E-state index contributed by atoms with van der Waals surface area (Å²) in [7, 11) is -3.51. The van der Waals surface area contributed by atoms with Crippen LogP contribution in [0, 0.1) is 16.7 Å². The molecule has 1 heterocycles. The van der Waals surface area contributed by atoms with Gasteiger partial charge in [-0.3, -0.25) is 4.79 Å². The topological polar surface area (TPSA) is 78.8 Å². The fourth-order valence-corrected chi connectivity index (χ4v) is 7.01. The Kier molecular flexibility index (Phi) is 5.56. The first kappa shape index (κ1) is 21.5. The summed E-state index contributed by atoms with van der Waals surface area (Å²) in [6.45, 7) is 8.00. The number of benzene rings is 1. The molecule has 4 rings (SSSR count). The molecular formula is C23H33N3O3S. The van der Waals surface area contributed by atoms with Gasteiger partial charge in [0.1, 0.15) is 0 Å². The van der Waals surface area contributed by atoms with Crippen LogP contribution >= 0.6 is 0 Å². The molecule has 164 valence electrons. The van der Waals surface area contributed by atoms with Crippen LogP contribution in [0.2, 0.25) is 0 Å². The minimum Gasteiger partial charge on any atom is -0.267 e. The van der Waals surface area contributed by atoms with Crippen LogP contribution in [0.25, 0.3) is 0 Å². The van der Waals surface area contributed by atoms with E-state index in [0.717, 1.165) is 44.2 Å². The molecule has 1 aliphatic heterocycles. The molecule has 2 saturated carbocycles. The zero-order valence-electron chi connectivity index (χ0n) is 18.3. The molecule has 1 aromatic carbocycles. The lowest BCUT2D eigenvalue weighted by Crippen LogP contribution is -2.34. The molecule has 1 amide bonds. The van der Waals surface area contributed by atoms with Crippen molar-refractivity contribution in [1.29, 1.82) is 0 Å². The Bertz CT molecular complexity index is 944. The van der Waals surface area contributed by atoms with E-state index in [1.54, 1.807) is 16.4 Å². The van der Waals surface area contributed by atoms with Crippen LogP contribution in [-0.2, 0) is 10.0 Å². The van der Waals surface area contributed by atoms with Crippen molar-refractivity contribution in [2.45, 2.75) is 70.6 Å². The van der Waals surface area contributed by atoms with Gasteiger partial charge in [-0.2, -0.15) is 9.41 Å². The van der Waals surface area contributed by atoms with Gasteiger partial charge in [0.25, 0.3) is 5.91 Å². The quantitative estimate of drug-likeness (QED) is 0.726. The number of nitrogens with zero attached hydrogens (tertiary/aromatic N) is 2. The molecule has 0 aromatic heterocycles. The van der Waals surface area contributed by atoms with Crippen molar-refractivity contribution in [1.82, 2.24) is 9.73 Å². The smallest absolute Gasteiger partial charge is 0.267 e. The van der Waals surface area contributed by atoms with Crippen LogP contribution in [0.4, 0.5) is 0 Å². The molecule has 3 fully saturated rings. The molecule has 7 heteroatoms. The summed E-state index contributed by atoms with van der Waals surface area (Å²) in [6, 6.07) is 6.22.